The first-order valence-corrected chi connectivity index (χ1v) is 10.6. The van der Waals surface area contributed by atoms with Gasteiger partial charge in [-0.15, -0.1) is 0 Å². The number of rotatable bonds is 3. The molecule has 30 heavy (non-hydrogen) atoms. The molecule has 2 aliphatic rings. The number of aromatic nitrogens is 3. The summed E-state index contributed by atoms with van der Waals surface area (Å²) in [5, 5.41) is 22.4. The quantitative estimate of drug-likeness (QED) is 0.690. The van der Waals surface area contributed by atoms with Crippen LogP contribution in [0.15, 0.2) is 30.7 Å². The van der Waals surface area contributed by atoms with Crippen LogP contribution >= 0.6 is 0 Å². The van der Waals surface area contributed by atoms with E-state index < -0.39 is 18.3 Å². The minimum Gasteiger partial charge on any atom is -0.487 e. The molecule has 2 heterocycles. The monoisotopic (exact) mass is 411 g/mol. The topological polar surface area (TPSA) is 80.4 Å². The molecule has 2 N–H and O–H groups in total. The van der Waals surface area contributed by atoms with Gasteiger partial charge in [-0.05, 0) is 55.9 Å². The third-order valence-corrected chi connectivity index (χ3v) is 6.76. The molecule has 1 saturated carbocycles. The summed E-state index contributed by atoms with van der Waals surface area (Å²) in [5.41, 5.74) is 3.22. The van der Waals surface area contributed by atoms with Gasteiger partial charge >= 0.3 is 0 Å². The van der Waals surface area contributed by atoms with Crippen molar-refractivity contribution in [3.63, 3.8) is 0 Å². The normalized spacial score (nSPS) is 28.6. The van der Waals surface area contributed by atoms with E-state index in [4.69, 9.17) is 4.74 Å². The van der Waals surface area contributed by atoms with Crippen molar-refractivity contribution in [1.82, 2.24) is 14.5 Å². The molecule has 7 heteroatoms. The van der Waals surface area contributed by atoms with Crippen molar-refractivity contribution in [2.75, 3.05) is 0 Å². The molecule has 2 aliphatic carbocycles. The van der Waals surface area contributed by atoms with E-state index in [9.17, 15) is 14.6 Å². The largest absolute Gasteiger partial charge is 0.487 e. The van der Waals surface area contributed by atoms with Gasteiger partial charge in [-0.1, -0.05) is 6.92 Å². The fraction of sp³-hybridized carbons (Fsp3) is 0.478. The molecule has 2 aromatic heterocycles. The lowest BCUT2D eigenvalue weighted by atomic mass is 9.83. The average Bonchev–Trinajstić information content (AvgIpc) is 3.27. The second kappa shape index (κ2) is 7.32. The number of nitrogens with zero attached hydrogens (tertiary/aromatic N) is 3. The Balaban J connectivity index is 1.45. The standard InChI is InChI=1S/C23H26FN3O3/c1-12-4-3-5-15-18(7-6-16(24)20(12)15)30-19-10-17(21(28)22(19)29)27-9-8-14-13(2)25-11-26-23(14)27/h6-9,11-12,17,19,21-22,28-29H,3-5,10H2,1-2H3. The number of aliphatic hydroxyl groups excluding tert-OH is 2. The van der Waals surface area contributed by atoms with Gasteiger partial charge in [0.2, 0.25) is 0 Å². The van der Waals surface area contributed by atoms with E-state index in [2.05, 4.69) is 9.97 Å². The Morgan fingerprint density at radius 1 is 1.17 bits per heavy atom. The number of halogens is 1. The Morgan fingerprint density at radius 2 is 2.00 bits per heavy atom. The number of benzene rings is 1. The van der Waals surface area contributed by atoms with E-state index in [-0.39, 0.29) is 17.8 Å². The SMILES string of the molecule is Cc1ncnc2c1ccn2C1CC(Oc2ccc(F)c3c2CCCC3C)C(O)C1O. The van der Waals surface area contributed by atoms with Gasteiger partial charge in [-0.2, -0.15) is 0 Å². The van der Waals surface area contributed by atoms with Crippen LogP contribution in [-0.2, 0) is 6.42 Å². The summed E-state index contributed by atoms with van der Waals surface area (Å²) in [6.07, 6.45) is 3.90. The van der Waals surface area contributed by atoms with Crippen molar-refractivity contribution in [3.8, 4) is 5.75 Å². The molecule has 0 saturated heterocycles. The summed E-state index contributed by atoms with van der Waals surface area (Å²) in [6.45, 7) is 3.95. The van der Waals surface area contributed by atoms with E-state index in [0.29, 0.717) is 12.2 Å². The van der Waals surface area contributed by atoms with Gasteiger partial charge in [0.25, 0.3) is 0 Å². The molecule has 6 nitrogen and oxygen atoms in total. The van der Waals surface area contributed by atoms with Crippen LogP contribution in [0.25, 0.3) is 11.0 Å². The van der Waals surface area contributed by atoms with Crippen LogP contribution in [0, 0.1) is 12.7 Å². The highest BCUT2D eigenvalue weighted by Crippen LogP contribution is 2.41. The number of ether oxygens (including phenoxy) is 1. The van der Waals surface area contributed by atoms with Crippen molar-refractivity contribution in [2.24, 2.45) is 0 Å². The van der Waals surface area contributed by atoms with Crippen LogP contribution in [0.4, 0.5) is 4.39 Å². The van der Waals surface area contributed by atoms with E-state index in [1.807, 2.05) is 30.7 Å². The van der Waals surface area contributed by atoms with Gasteiger partial charge in [0.05, 0.1) is 11.7 Å². The minimum atomic E-state index is -1.04. The summed E-state index contributed by atoms with van der Waals surface area (Å²) in [7, 11) is 0. The Kier molecular flexibility index (Phi) is 4.75. The Morgan fingerprint density at radius 3 is 2.83 bits per heavy atom. The van der Waals surface area contributed by atoms with Crippen LogP contribution < -0.4 is 4.74 Å². The fourth-order valence-electron chi connectivity index (χ4n) is 5.13. The molecule has 3 aromatic rings. The number of aryl methyl sites for hydroxylation is 1. The highest BCUT2D eigenvalue weighted by Gasteiger charge is 2.44. The minimum absolute atomic E-state index is 0.151. The lowest BCUT2D eigenvalue weighted by Crippen LogP contribution is -2.34. The van der Waals surface area contributed by atoms with Gasteiger partial charge in [0, 0.05) is 23.6 Å². The van der Waals surface area contributed by atoms with E-state index in [1.165, 1.54) is 12.4 Å². The summed E-state index contributed by atoms with van der Waals surface area (Å²) in [5.74, 6) is 0.576. The van der Waals surface area contributed by atoms with Crippen LogP contribution in [0.1, 0.15) is 55.0 Å². The number of aliphatic hydroxyl groups is 2. The van der Waals surface area contributed by atoms with Crippen molar-refractivity contribution in [2.45, 2.75) is 69.8 Å². The molecular weight excluding hydrogens is 385 g/mol. The predicted octanol–water partition coefficient (Wildman–Crippen LogP) is 3.43. The first kappa shape index (κ1) is 19.5. The highest BCUT2D eigenvalue weighted by molar-refractivity contribution is 5.78. The van der Waals surface area contributed by atoms with Crippen LogP contribution in [0.3, 0.4) is 0 Å². The summed E-state index contributed by atoms with van der Waals surface area (Å²) in [4.78, 5) is 8.58. The van der Waals surface area contributed by atoms with Gasteiger partial charge in [0.15, 0.2) is 0 Å². The van der Waals surface area contributed by atoms with E-state index >= 15 is 0 Å². The Bertz CT molecular complexity index is 1100. The van der Waals surface area contributed by atoms with Crippen molar-refractivity contribution < 1.29 is 19.3 Å². The number of hydrogen-bond acceptors (Lipinski definition) is 5. The van der Waals surface area contributed by atoms with Crippen LogP contribution in [-0.4, -0.2) is 43.1 Å². The van der Waals surface area contributed by atoms with Gasteiger partial charge in [0.1, 0.15) is 41.9 Å². The smallest absolute Gasteiger partial charge is 0.143 e. The molecule has 1 fully saturated rings. The maximum Gasteiger partial charge on any atom is 0.143 e. The molecule has 0 aliphatic heterocycles. The summed E-state index contributed by atoms with van der Waals surface area (Å²) in [6, 6.07) is 4.66. The number of fused-ring (bicyclic) bond motifs is 2. The maximum atomic E-state index is 14.4. The third kappa shape index (κ3) is 2.99. The molecule has 0 radical (unpaired) electrons. The third-order valence-electron chi connectivity index (χ3n) is 6.76. The van der Waals surface area contributed by atoms with E-state index in [1.54, 1.807) is 6.07 Å². The molecule has 5 unspecified atom stereocenters. The zero-order valence-electron chi connectivity index (χ0n) is 17.1. The first-order valence-electron chi connectivity index (χ1n) is 10.6. The summed E-state index contributed by atoms with van der Waals surface area (Å²) >= 11 is 0. The summed E-state index contributed by atoms with van der Waals surface area (Å²) < 4.78 is 22.5. The average molecular weight is 411 g/mol. The second-order valence-corrected chi connectivity index (χ2v) is 8.59. The van der Waals surface area contributed by atoms with Crippen LogP contribution in [0.2, 0.25) is 0 Å². The molecular formula is C23H26FN3O3. The molecule has 5 atom stereocenters. The zero-order valence-corrected chi connectivity index (χ0v) is 17.1. The van der Waals surface area contributed by atoms with Crippen LogP contribution in [0.5, 0.6) is 5.75 Å². The van der Waals surface area contributed by atoms with Gasteiger partial charge in [-0.3, -0.25) is 0 Å². The Labute approximate surface area is 174 Å². The second-order valence-electron chi connectivity index (χ2n) is 8.59. The maximum absolute atomic E-state index is 14.4. The van der Waals surface area contributed by atoms with Crippen molar-refractivity contribution in [3.05, 3.63) is 53.4 Å². The lowest BCUT2D eigenvalue weighted by molar-refractivity contribution is -0.0166. The van der Waals surface area contributed by atoms with E-state index in [0.717, 1.165) is 47.1 Å². The first-order chi connectivity index (χ1) is 14.5. The lowest BCUT2D eigenvalue weighted by Gasteiger charge is -2.27. The number of hydrogen-bond donors (Lipinski definition) is 2. The van der Waals surface area contributed by atoms with Gasteiger partial charge in [-0.25, -0.2) is 14.4 Å². The van der Waals surface area contributed by atoms with Crippen molar-refractivity contribution in [1.29, 1.82) is 0 Å². The fourth-order valence-corrected chi connectivity index (χ4v) is 5.13. The molecule has 1 aromatic carbocycles. The van der Waals surface area contributed by atoms with Crippen molar-refractivity contribution >= 4 is 11.0 Å². The van der Waals surface area contributed by atoms with Gasteiger partial charge < -0.3 is 19.5 Å². The predicted molar refractivity (Wildman–Crippen MR) is 110 cm³/mol. The molecule has 0 spiro atoms. The molecule has 158 valence electrons. The molecule has 0 bridgehead atoms. The Hall–Kier alpha value is -2.51. The molecule has 5 rings (SSSR count). The highest BCUT2D eigenvalue weighted by atomic mass is 19.1. The zero-order chi connectivity index (χ0) is 21.0. The molecule has 0 amide bonds.